The van der Waals surface area contributed by atoms with Gasteiger partial charge >= 0.3 is 0 Å². The molecular formula is C13H16BrClN4. The molecule has 0 bridgehead atoms. The van der Waals surface area contributed by atoms with Gasteiger partial charge < -0.3 is 0 Å². The number of aryl methyl sites for hydroxylation is 1. The number of aromatic nitrogens is 2. The predicted octanol–water partition coefficient (Wildman–Crippen LogP) is 3.07. The first-order chi connectivity index (χ1) is 9.13. The van der Waals surface area contributed by atoms with Gasteiger partial charge in [-0.05, 0) is 36.6 Å². The van der Waals surface area contributed by atoms with Crippen molar-refractivity contribution in [3.63, 3.8) is 0 Å². The summed E-state index contributed by atoms with van der Waals surface area (Å²) >= 11 is 9.47. The minimum Gasteiger partial charge on any atom is -0.273 e. The zero-order valence-electron chi connectivity index (χ0n) is 10.6. The number of nitrogens with two attached hydrogens (primary N) is 1. The largest absolute Gasteiger partial charge is 0.273 e. The van der Waals surface area contributed by atoms with E-state index in [2.05, 4.69) is 33.4 Å². The van der Waals surface area contributed by atoms with Crippen LogP contribution in [0.3, 0.4) is 0 Å². The summed E-state index contributed by atoms with van der Waals surface area (Å²) in [7, 11) is 0. The van der Waals surface area contributed by atoms with Gasteiger partial charge in [0.2, 0.25) is 0 Å². The Hall–Kier alpha value is -0.880. The van der Waals surface area contributed by atoms with Crippen molar-refractivity contribution in [2.24, 2.45) is 5.84 Å². The Bertz CT molecular complexity index is 555. The Morgan fingerprint density at radius 3 is 2.89 bits per heavy atom. The lowest BCUT2D eigenvalue weighted by Gasteiger charge is -2.17. The maximum Gasteiger partial charge on any atom is 0.0522 e. The summed E-state index contributed by atoms with van der Waals surface area (Å²) in [6.45, 7) is 2.93. The summed E-state index contributed by atoms with van der Waals surface area (Å²) in [5.74, 6) is 5.67. The van der Waals surface area contributed by atoms with Crippen molar-refractivity contribution in [3.05, 3.63) is 51.2 Å². The maximum absolute atomic E-state index is 5.95. The molecule has 0 saturated carbocycles. The quantitative estimate of drug-likeness (QED) is 0.648. The van der Waals surface area contributed by atoms with Crippen molar-refractivity contribution in [1.82, 2.24) is 15.2 Å². The van der Waals surface area contributed by atoms with Crippen LogP contribution in [0.5, 0.6) is 0 Å². The minimum absolute atomic E-state index is 0.0150. The van der Waals surface area contributed by atoms with Crippen LogP contribution in [0.2, 0.25) is 5.02 Å². The molecule has 0 fully saturated rings. The highest BCUT2D eigenvalue weighted by molar-refractivity contribution is 9.10. The summed E-state index contributed by atoms with van der Waals surface area (Å²) in [6.07, 6.45) is 4.68. The number of nitrogens with one attached hydrogen (secondary N) is 1. The Kier molecular flexibility index (Phi) is 4.99. The maximum atomic E-state index is 5.95. The van der Waals surface area contributed by atoms with Crippen LogP contribution in [0.4, 0.5) is 0 Å². The molecule has 1 heterocycles. The molecule has 6 heteroatoms. The lowest BCUT2D eigenvalue weighted by Crippen LogP contribution is -2.29. The standard InChI is InChI=1S/C13H16BrClN4/c1-2-19-8-9(7-17-19)5-13(18-16)11-4-3-10(15)6-12(11)14/h3-4,6-8,13,18H,2,5,16H2,1H3. The molecule has 2 aromatic rings. The predicted molar refractivity (Wildman–Crippen MR) is 80.8 cm³/mol. The fourth-order valence-electron chi connectivity index (χ4n) is 1.96. The van der Waals surface area contributed by atoms with E-state index in [-0.39, 0.29) is 6.04 Å². The van der Waals surface area contributed by atoms with Crippen LogP contribution in [-0.4, -0.2) is 9.78 Å². The number of benzene rings is 1. The average molecular weight is 344 g/mol. The van der Waals surface area contributed by atoms with Crippen molar-refractivity contribution in [1.29, 1.82) is 0 Å². The van der Waals surface area contributed by atoms with E-state index < -0.39 is 0 Å². The minimum atomic E-state index is 0.0150. The molecule has 0 amide bonds. The number of rotatable bonds is 5. The fraction of sp³-hybridized carbons (Fsp3) is 0.308. The summed E-state index contributed by atoms with van der Waals surface area (Å²) in [5, 5.41) is 4.97. The molecule has 4 nitrogen and oxygen atoms in total. The van der Waals surface area contributed by atoms with E-state index in [1.165, 1.54) is 0 Å². The van der Waals surface area contributed by atoms with Crippen LogP contribution in [0, 0.1) is 0 Å². The van der Waals surface area contributed by atoms with E-state index >= 15 is 0 Å². The van der Waals surface area contributed by atoms with Gasteiger partial charge in [0.15, 0.2) is 0 Å². The molecule has 0 radical (unpaired) electrons. The van der Waals surface area contributed by atoms with Crippen LogP contribution in [0.25, 0.3) is 0 Å². The lowest BCUT2D eigenvalue weighted by atomic mass is 10.0. The molecule has 0 saturated heterocycles. The number of hydrazine groups is 1. The summed E-state index contributed by atoms with van der Waals surface area (Å²) in [6, 6.07) is 5.72. The second kappa shape index (κ2) is 6.52. The van der Waals surface area contributed by atoms with E-state index in [0.717, 1.165) is 28.6 Å². The number of hydrogen-bond donors (Lipinski definition) is 2. The molecule has 0 spiro atoms. The van der Waals surface area contributed by atoms with Gasteiger partial charge in [0.25, 0.3) is 0 Å². The van der Waals surface area contributed by atoms with Crippen molar-refractivity contribution >= 4 is 27.5 Å². The van der Waals surface area contributed by atoms with E-state index in [0.29, 0.717) is 5.02 Å². The molecular weight excluding hydrogens is 328 g/mol. The molecule has 102 valence electrons. The Balaban J connectivity index is 2.19. The second-order valence-electron chi connectivity index (χ2n) is 4.29. The van der Waals surface area contributed by atoms with Crippen molar-refractivity contribution < 1.29 is 0 Å². The first-order valence-corrected chi connectivity index (χ1v) is 7.23. The Morgan fingerprint density at radius 2 is 2.32 bits per heavy atom. The second-order valence-corrected chi connectivity index (χ2v) is 5.58. The van der Waals surface area contributed by atoms with E-state index in [1.54, 1.807) is 0 Å². The van der Waals surface area contributed by atoms with E-state index in [9.17, 15) is 0 Å². The molecule has 1 aromatic carbocycles. The van der Waals surface area contributed by atoms with Crippen LogP contribution >= 0.6 is 27.5 Å². The number of halogens is 2. The van der Waals surface area contributed by atoms with Crippen LogP contribution in [0.15, 0.2) is 35.1 Å². The zero-order valence-corrected chi connectivity index (χ0v) is 12.9. The fourth-order valence-corrected chi connectivity index (χ4v) is 2.92. The van der Waals surface area contributed by atoms with Crippen molar-refractivity contribution in [3.8, 4) is 0 Å². The van der Waals surface area contributed by atoms with Gasteiger partial charge in [0.1, 0.15) is 0 Å². The van der Waals surface area contributed by atoms with Gasteiger partial charge in [-0.1, -0.05) is 33.6 Å². The highest BCUT2D eigenvalue weighted by Gasteiger charge is 2.15. The van der Waals surface area contributed by atoms with Gasteiger partial charge in [0, 0.05) is 22.2 Å². The monoisotopic (exact) mass is 342 g/mol. The molecule has 1 unspecified atom stereocenters. The molecule has 0 aliphatic carbocycles. The summed E-state index contributed by atoms with van der Waals surface area (Å²) in [5.41, 5.74) is 5.07. The Morgan fingerprint density at radius 1 is 1.53 bits per heavy atom. The third kappa shape index (κ3) is 3.57. The van der Waals surface area contributed by atoms with Gasteiger partial charge in [-0.25, -0.2) is 0 Å². The lowest BCUT2D eigenvalue weighted by molar-refractivity contribution is 0.549. The Labute approximate surface area is 126 Å². The van der Waals surface area contributed by atoms with Crippen LogP contribution in [-0.2, 0) is 13.0 Å². The van der Waals surface area contributed by atoms with E-state index in [4.69, 9.17) is 17.4 Å². The van der Waals surface area contributed by atoms with Gasteiger partial charge in [-0.3, -0.25) is 16.0 Å². The highest BCUT2D eigenvalue weighted by atomic mass is 79.9. The van der Waals surface area contributed by atoms with Crippen LogP contribution in [0.1, 0.15) is 24.1 Å². The topological polar surface area (TPSA) is 55.9 Å². The smallest absolute Gasteiger partial charge is 0.0522 e. The third-order valence-electron chi connectivity index (χ3n) is 2.99. The molecule has 0 aliphatic heterocycles. The van der Waals surface area contributed by atoms with Gasteiger partial charge in [-0.2, -0.15) is 5.10 Å². The van der Waals surface area contributed by atoms with Crippen molar-refractivity contribution in [2.45, 2.75) is 25.9 Å². The molecule has 1 aromatic heterocycles. The molecule has 3 N–H and O–H groups in total. The number of hydrogen-bond acceptors (Lipinski definition) is 3. The molecule has 1 atom stereocenters. The van der Waals surface area contributed by atoms with Crippen molar-refractivity contribution in [2.75, 3.05) is 0 Å². The highest BCUT2D eigenvalue weighted by Crippen LogP contribution is 2.28. The normalized spacial score (nSPS) is 12.6. The molecule has 2 rings (SSSR count). The van der Waals surface area contributed by atoms with Crippen LogP contribution < -0.4 is 11.3 Å². The molecule has 19 heavy (non-hydrogen) atoms. The third-order valence-corrected chi connectivity index (χ3v) is 3.91. The first-order valence-electron chi connectivity index (χ1n) is 6.06. The SMILES string of the molecule is CCn1cc(CC(NN)c2ccc(Cl)cc2Br)cn1. The van der Waals surface area contributed by atoms with E-state index in [1.807, 2.05) is 35.3 Å². The van der Waals surface area contributed by atoms with Gasteiger partial charge in [-0.15, -0.1) is 0 Å². The summed E-state index contributed by atoms with van der Waals surface area (Å²) < 4.78 is 2.85. The average Bonchev–Trinajstić information content (AvgIpc) is 2.84. The van der Waals surface area contributed by atoms with Gasteiger partial charge in [0.05, 0.1) is 12.2 Å². The summed E-state index contributed by atoms with van der Waals surface area (Å²) in [4.78, 5) is 0. The zero-order chi connectivity index (χ0) is 13.8. The number of nitrogens with zero attached hydrogens (tertiary/aromatic N) is 2. The molecule has 0 aliphatic rings. The first kappa shape index (κ1) is 14.5.